The fourth-order valence-electron chi connectivity index (χ4n) is 2.35. The van der Waals surface area contributed by atoms with Gasteiger partial charge < -0.3 is 15.0 Å². The van der Waals surface area contributed by atoms with Crippen LogP contribution in [0.5, 0.6) is 0 Å². The van der Waals surface area contributed by atoms with Crippen LogP contribution < -0.4 is 5.32 Å². The number of rotatable bonds is 2. The molecule has 1 N–H and O–H groups in total. The Hall–Kier alpha value is -0.610. The van der Waals surface area contributed by atoms with Crippen molar-refractivity contribution in [1.82, 2.24) is 10.2 Å². The quantitative estimate of drug-likeness (QED) is 0.712. The first-order valence-corrected chi connectivity index (χ1v) is 5.85. The molecule has 2 atom stereocenters. The molecule has 0 aromatic carbocycles. The zero-order chi connectivity index (χ0) is 10.7. The van der Waals surface area contributed by atoms with Crippen molar-refractivity contribution in [3.05, 3.63) is 0 Å². The Morgan fingerprint density at radius 3 is 3.13 bits per heavy atom. The molecule has 1 unspecified atom stereocenters. The normalized spacial score (nSPS) is 31.9. The first-order valence-electron chi connectivity index (χ1n) is 5.85. The zero-order valence-corrected chi connectivity index (χ0v) is 9.37. The summed E-state index contributed by atoms with van der Waals surface area (Å²) in [5, 5.41) is 3.30. The molecule has 86 valence electrons. The van der Waals surface area contributed by atoms with Crippen LogP contribution in [0.25, 0.3) is 0 Å². The summed E-state index contributed by atoms with van der Waals surface area (Å²) in [5.74, 6) is 0.854. The molecule has 0 saturated carbocycles. The lowest BCUT2D eigenvalue weighted by atomic mass is 10.0. The van der Waals surface area contributed by atoms with E-state index >= 15 is 0 Å². The highest BCUT2D eigenvalue weighted by Gasteiger charge is 2.26. The molecule has 0 spiro atoms. The minimum absolute atomic E-state index is 0.251. The van der Waals surface area contributed by atoms with Crippen LogP contribution in [0.4, 0.5) is 0 Å². The van der Waals surface area contributed by atoms with Gasteiger partial charge in [0.1, 0.15) is 0 Å². The van der Waals surface area contributed by atoms with Gasteiger partial charge in [0.15, 0.2) is 0 Å². The van der Waals surface area contributed by atoms with Crippen LogP contribution in [0, 0.1) is 5.92 Å². The van der Waals surface area contributed by atoms with E-state index in [1.54, 1.807) is 0 Å². The van der Waals surface area contributed by atoms with Gasteiger partial charge in [0.2, 0.25) is 5.91 Å². The molecule has 0 aromatic rings. The molecule has 15 heavy (non-hydrogen) atoms. The summed E-state index contributed by atoms with van der Waals surface area (Å²) < 4.78 is 5.33. The van der Waals surface area contributed by atoms with Gasteiger partial charge in [-0.25, -0.2) is 0 Å². The van der Waals surface area contributed by atoms with Crippen LogP contribution in [0.15, 0.2) is 0 Å². The van der Waals surface area contributed by atoms with Crippen molar-refractivity contribution in [3.8, 4) is 0 Å². The largest absolute Gasteiger partial charge is 0.377 e. The van der Waals surface area contributed by atoms with Crippen molar-refractivity contribution in [1.29, 1.82) is 0 Å². The maximum Gasteiger partial charge on any atom is 0.223 e. The van der Waals surface area contributed by atoms with E-state index in [9.17, 15) is 4.79 Å². The monoisotopic (exact) mass is 212 g/mol. The van der Waals surface area contributed by atoms with E-state index in [1.165, 1.54) is 0 Å². The van der Waals surface area contributed by atoms with Crippen molar-refractivity contribution >= 4 is 5.91 Å². The third-order valence-corrected chi connectivity index (χ3v) is 3.31. The summed E-state index contributed by atoms with van der Waals surface area (Å²) in [4.78, 5) is 14.0. The summed E-state index contributed by atoms with van der Waals surface area (Å²) >= 11 is 0. The van der Waals surface area contributed by atoms with Crippen LogP contribution in [0.1, 0.15) is 19.8 Å². The number of carbonyl (C=O) groups excluding carboxylic acids is 1. The lowest BCUT2D eigenvalue weighted by Crippen LogP contribution is -2.47. The molecule has 1 amide bonds. The summed E-state index contributed by atoms with van der Waals surface area (Å²) in [6.07, 6.45) is 1.85. The van der Waals surface area contributed by atoms with Gasteiger partial charge in [-0.2, -0.15) is 0 Å². The van der Waals surface area contributed by atoms with Crippen LogP contribution in [0.3, 0.4) is 0 Å². The number of hydrogen-bond donors (Lipinski definition) is 1. The van der Waals surface area contributed by atoms with E-state index in [0.717, 1.165) is 26.1 Å². The SMILES string of the molecule is C[C@@H]1COCCN1C(=O)CC1CCNC1. The molecule has 0 aromatic heterocycles. The van der Waals surface area contributed by atoms with Crippen LogP contribution >= 0.6 is 0 Å². The van der Waals surface area contributed by atoms with Crippen LogP contribution in [-0.2, 0) is 9.53 Å². The molecule has 0 aliphatic carbocycles. The second-order valence-electron chi connectivity index (χ2n) is 4.57. The zero-order valence-electron chi connectivity index (χ0n) is 9.37. The van der Waals surface area contributed by atoms with Crippen molar-refractivity contribution in [3.63, 3.8) is 0 Å². The average molecular weight is 212 g/mol. The smallest absolute Gasteiger partial charge is 0.223 e. The number of nitrogens with one attached hydrogen (secondary N) is 1. The lowest BCUT2D eigenvalue weighted by Gasteiger charge is -2.34. The summed E-state index contributed by atoms with van der Waals surface area (Å²) in [6, 6.07) is 0.251. The minimum Gasteiger partial charge on any atom is -0.377 e. The van der Waals surface area contributed by atoms with Crippen LogP contribution in [-0.4, -0.2) is 49.7 Å². The van der Waals surface area contributed by atoms with E-state index in [-0.39, 0.29) is 6.04 Å². The molecule has 2 heterocycles. The Morgan fingerprint density at radius 2 is 2.47 bits per heavy atom. The topological polar surface area (TPSA) is 41.6 Å². The average Bonchev–Trinajstić information content (AvgIpc) is 2.71. The molecule has 4 nitrogen and oxygen atoms in total. The van der Waals surface area contributed by atoms with E-state index < -0.39 is 0 Å². The number of carbonyl (C=O) groups is 1. The predicted molar refractivity (Wildman–Crippen MR) is 57.6 cm³/mol. The second kappa shape index (κ2) is 4.94. The predicted octanol–water partition coefficient (Wildman–Crippen LogP) is 0.233. The van der Waals surface area contributed by atoms with Crippen molar-refractivity contribution in [2.45, 2.75) is 25.8 Å². The highest BCUT2D eigenvalue weighted by Crippen LogP contribution is 2.16. The second-order valence-corrected chi connectivity index (χ2v) is 4.57. The number of amides is 1. The van der Waals surface area contributed by atoms with Crippen molar-refractivity contribution in [2.75, 3.05) is 32.8 Å². The standard InChI is InChI=1S/C11H20N2O2/c1-9-8-15-5-4-13(9)11(14)6-10-2-3-12-7-10/h9-10,12H,2-8H2,1H3/t9-,10?/m1/s1. The maximum absolute atomic E-state index is 12.0. The highest BCUT2D eigenvalue weighted by molar-refractivity contribution is 5.77. The van der Waals surface area contributed by atoms with Gasteiger partial charge in [0.25, 0.3) is 0 Å². The van der Waals surface area contributed by atoms with Gasteiger partial charge in [0, 0.05) is 13.0 Å². The van der Waals surface area contributed by atoms with Crippen molar-refractivity contribution < 1.29 is 9.53 Å². The Labute approximate surface area is 91.0 Å². The van der Waals surface area contributed by atoms with Gasteiger partial charge >= 0.3 is 0 Å². The lowest BCUT2D eigenvalue weighted by molar-refractivity contribution is -0.140. The van der Waals surface area contributed by atoms with E-state index in [0.29, 0.717) is 31.5 Å². The molecule has 2 fully saturated rings. The third kappa shape index (κ3) is 2.69. The fraction of sp³-hybridized carbons (Fsp3) is 0.909. The Morgan fingerprint density at radius 1 is 1.60 bits per heavy atom. The minimum atomic E-state index is 0.251. The summed E-state index contributed by atoms with van der Waals surface area (Å²) in [7, 11) is 0. The Kier molecular flexibility index (Phi) is 3.59. The molecule has 4 heteroatoms. The van der Waals surface area contributed by atoms with Gasteiger partial charge in [-0.05, 0) is 32.4 Å². The van der Waals surface area contributed by atoms with Gasteiger partial charge in [-0.3, -0.25) is 4.79 Å². The highest BCUT2D eigenvalue weighted by atomic mass is 16.5. The first-order chi connectivity index (χ1) is 7.27. The number of morpholine rings is 1. The molecular weight excluding hydrogens is 192 g/mol. The number of hydrogen-bond acceptors (Lipinski definition) is 3. The molecule has 0 radical (unpaired) electrons. The first kappa shape index (κ1) is 10.9. The fourth-order valence-corrected chi connectivity index (χ4v) is 2.35. The Bertz CT molecular complexity index is 227. The van der Waals surface area contributed by atoms with Gasteiger partial charge in [-0.15, -0.1) is 0 Å². The van der Waals surface area contributed by atoms with Gasteiger partial charge in [-0.1, -0.05) is 0 Å². The third-order valence-electron chi connectivity index (χ3n) is 3.31. The maximum atomic E-state index is 12.0. The van der Waals surface area contributed by atoms with Crippen LogP contribution in [0.2, 0.25) is 0 Å². The summed E-state index contributed by atoms with van der Waals surface area (Å²) in [5.41, 5.74) is 0. The number of ether oxygens (including phenoxy) is 1. The van der Waals surface area contributed by atoms with Gasteiger partial charge in [0.05, 0.1) is 19.3 Å². The van der Waals surface area contributed by atoms with E-state index in [1.807, 2.05) is 4.90 Å². The molecule has 2 aliphatic heterocycles. The van der Waals surface area contributed by atoms with E-state index in [2.05, 4.69) is 12.2 Å². The Balaban J connectivity index is 1.83. The van der Waals surface area contributed by atoms with Crippen molar-refractivity contribution in [2.24, 2.45) is 5.92 Å². The molecular formula is C11H20N2O2. The molecule has 2 rings (SSSR count). The molecule has 2 saturated heterocycles. The summed E-state index contributed by atoms with van der Waals surface area (Å²) in [6.45, 7) is 6.28. The molecule has 2 aliphatic rings. The van der Waals surface area contributed by atoms with E-state index in [4.69, 9.17) is 4.74 Å². The number of nitrogens with zero attached hydrogens (tertiary/aromatic N) is 1. The molecule has 0 bridgehead atoms.